The number of halogens is 1. The summed E-state index contributed by atoms with van der Waals surface area (Å²) in [7, 11) is -1.70. The van der Waals surface area contributed by atoms with Crippen molar-refractivity contribution in [2.75, 3.05) is 6.16 Å². The van der Waals surface area contributed by atoms with Gasteiger partial charge in [0.2, 0.25) is 0 Å². The van der Waals surface area contributed by atoms with Gasteiger partial charge < -0.3 is 21.7 Å². The lowest BCUT2D eigenvalue weighted by molar-refractivity contribution is -0.145. The minimum Gasteiger partial charge on any atom is -1.00 e. The molecule has 0 aliphatic carbocycles. The van der Waals surface area contributed by atoms with Gasteiger partial charge in [0.05, 0.1) is 6.16 Å². The summed E-state index contributed by atoms with van der Waals surface area (Å²) in [4.78, 5) is 12.0. The lowest BCUT2D eigenvalue weighted by Crippen LogP contribution is -3.00. The van der Waals surface area contributed by atoms with E-state index in [1.165, 1.54) is 60.6 Å². The first-order valence-electron chi connectivity index (χ1n) is 14.5. The van der Waals surface area contributed by atoms with E-state index in [1.54, 1.807) is 0 Å². The van der Waals surface area contributed by atoms with Crippen molar-refractivity contribution in [3.8, 4) is 0 Å². The average molecular weight is 618 g/mol. The van der Waals surface area contributed by atoms with E-state index in [0.717, 1.165) is 18.4 Å². The van der Waals surface area contributed by atoms with E-state index in [2.05, 4.69) is 91.0 Å². The molecule has 0 saturated heterocycles. The van der Waals surface area contributed by atoms with E-state index in [0.29, 0.717) is 13.0 Å². The van der Waals surface area contributed by atoms with E-state index >= 15 is 0 Å². The molecular formula is C36H42BrO2P. The first-order valence-corrected chi connectivity index (χ1v) is 16.5. The summed E-state index contributed by atoms with van der Waals surface area (Å²) in [6.45, 7) is 0.377. The fourth-order valence-electron chi connectivity index (χ4n) is 5.37. The molecule has 0 N–H and O–H groups in total. The van der Waals surface area contributed by atoms with Crippen molar-refractivity contribution in [2.45, 2.75) is 64.4 Å². The number of unbranched alkanes of at least 4 members (excludes halogenated alkanes) is 7. The zero-order valence-electron chi connectivity index (χ0n) is 23.5. The Bertz CT molecular complexity index is 1120. The van der Waals surface area contributed by atoms with Crippen LogP contribution in [0.3, 0.4) is 0 Å². The Labute approximate surface area is 252 Å². The smallest absolute Gasteiger partial charge is 0.306 e. The average Bonchev–Trinajstić information content (AvgIpc) is 3.01. The lowest BCUT2D eigenvalue weighted by atomic mass is 10.1. The van der Waals surface area contributed by atoms with Gasteiger partial charge in [0.1, 0.15) is 29.8 Å². The minimum atomic E-state index is -1.70. The van der Waals surface area contributed by atoms with Crippen LogP contribution in [0.2, 0.25) is 0 Å². The van der Waals surface area contributed by atoms with Gasteiger partial charge in [-0.05, 0) is 61.2 Å². The zero-order valence-corrected chi connectivity index (χ0v) is 25.9. The molecule has 0 heterocycles. The normalized spacial score (nSPS) is 11.0. The quantitative estimate of drug-likeness (QED) is 0.0978. The van der Waals surface area contributed by atoms with E-state index in [9.17, 15) is 4.79 Å². The Morgan fingerprint density at radius 3 is 1.32 bits per heavy atom. The molecular weight excluding hydrogens is 575 g/mol. The molecule has 0 unspecified atom stereocenters. The summed E-state index contributed by atoms with van der Waals surface area (Å²) in [6, 6.07) is 43.5. The molecule has 210 valence electrons. The van der Waals surface area contributed by atoms with E-state index in [4.69, 9.17) is 4.74 Å². The molecule has 40 heavy (non-hydrogen) atoms. The van der Waals surface area contributed by atoms with Crippen molar-refractivity contribution >= 4 is 29.1 Å². The third-order valence-electron chi connectivity index (χ3n) is 7.46. The molecule has 0 bridgehead atoms. The van der Waals surface area contributed by atoms with Gasteiger partial charge in [0.15, 0.2) is 0 Å². The van der Waals surface area contributed by atoms with Gasteiger partial charge in [-0.15, -0.1) is 0 Å². The van der Waals surface area contributed by atoms with Crippen LogP contribution in [-0.2, 0) is 16.1 Å². The predicted molar refractivity (Wildman–Crippen MR) is 168 cm³/mol. The molecule has 4 aromatic rings. The Morgan fingerprint density at radius 1 is 0.500 bits per heavy atom. The summed E-state index contributed by atoms with van der Waals surface area (Å²) >= 11 is 0. The Morgan fingerprint density at radius 2 is 0.875 bits per heavy atom. The lowest BCUT2D eigenvalue weighted by Gasteiger charge is -2.27. The Balaban J connectivity index is 0.00000441. The van der Waals surface area contributed by atoms with Crippen molar-refractivity contribution in [1.82, 2.24) is 0 Å². The molecule has 0 amide bonds. The summed E-state index contributed by atoms with van der Waals surface area (Å²) < 4.78 is 5.39. The van der Waals surface area contributed by atoms with Gasteiger partial charge in [-0.2, -0.15) is 0 Å². The molecule has 0 fully saturated rings. The number of esters is 1. The zero-order chi connectivity index (χ0) is 27.0. The number of hydrogen-bond acceptors (Lipinski definition) is 2. The third-order valence-corrected chi connectivity index (χ3v) is 12.0. The standard InChI is InChI=1S/C36H42O2P.BrH/c37-36(38-31-32-21-11-7-12-22-32)29-19-5-3-1-2-4-6-20-30-39(33-23-13-8-14-24-33,34-25-15-9-16-26-34)35-27-17-10-18-28-35;/h7-18,21-28H,1-6,19-20,29-31H2;1H/q+1;/p-1. The molecule has 4 rings (SSSR count). The molecule has 4 heteroatoms. The monoisotopic (exact) mass is 616 g/mol. The highest BCUT2D eigenvalue weighted by Crippen LogP contribution is 2.56. The van der Waals surface area contributed by atoms with E-state index < -0.39 is 7.26 Å². The molecule has 0 spiro atoms. The maximum Gasteiger partial charge on any atom is 0.306 e. The minimum absolute atomic E-state index is 0. The largest absolute Gasteiger partial charge is 1.00 e. The second kappa shape index (κ2) is 17.8. The van der Waals surface area contributed by atoms with Crippen LogP contribution in [0.4, 0.5) is 0 Å². The summed E-state index contributed by atoms with van der Waals surface area (Å²) in [6.07, 6.45) is 11.2. The fraction of sp³-hybridized carbons (Fsp3) is 0.306. The SMILES string of the molecule is O=C(CCCCCCCCCC[P+](c1ccccc1)(c1ccccc1)c1ccccc1)OCc1ccccc1.[Br-]. The number of hydrogen-bond donors (Lipinski definition) is 0. The Hall–Kier alpha value is -2.74. The summed E-state index contributed by atoms with van der Waals surface area (Å²) in [5.41, 5.74) is 1.04. The number of carbonyl (C=O) groups excluding carboxylic acids is 1. The molecule has 2 nitrogen and oxygen atoms in total. The molecule has 0 aliphatic heterocycles. The highest BCUT2D eigenvalue weighted by molar-refractivity contribution is 7.95. The topological polar surface area (TPSA) is 26.3 Å². The van der Waals surface area contributed by atoms with Crippen LogP contribution in [0.5, 0.6) is 0 Å². The molecule has 0 radical (unpaired) electrons. The van der Waals surface area contributed by atoms with Crippen LogP contribution in [-0.4, -0.2) is 12.1 Å². The van der Waals surface area contributed by atoms with E-state index in [-0.39, 0.29) is 23.0 Å². The van der Waals surface area contributed by atoms with Crippen LogP contribution in [0.1, 0.15) is 63.4 Å². The fourth-order valence-corrected chi connectivity index (χ4v) is 9.78. The molecule has 0 aliphatic rings. The van der Waals surface area contributed by atoms with Gasteiger partial charge >= 0.3 is 5.97 Å². The van der Waals surface area contributed by atoms with Gasteiger partial charge in [-0.1, -0.05) is 117 Å². The van der Waals surface area contributed by atoms with Crippen molar-refractivity contribution in [3.05, 3.63) is 127 Å². The predicted octanol–water partition coefficient (Wildman–Crippen LogP) is 5.24. The van der Waals surface area contributed by atoms with Gasteiger partial charge in [0, 0.05) is 6.42 Å². The van der Waals surface area contributed by atoms with Gasteiger partial charge in [-0.25, -0.2) is 0 Å². The van der Waals surface area contributed by atoms with Crippen LogP contribution in [0.25, 0.3) is 0 Å². The van der Waals surface area contributed by atoms with Crippen molar-refractivity contribution < 1.29 is 26.5 Å². The van der Waals surface area contributed by atoms with Crippen LogP contribution in [0, 0.1) is 0 Å². The Kier molecular flexibility index (Phi) is 14.2. The van der Waals surface area contributed by atoms with Crippen molar-refractivity contribution in [3.63, 3.8) is 0 Å². The van der Waals surface area contributed by atoms with Crippen molar-refractivity contribution in [1.29, 1.82) is 0 Å². The summed E-state index contributed by atoms with van der Waals surface area (Å²) in [5.74, 6) is -0.0825. The number of carbonyl (C=O) groups is 1. The second-order valence-corrected chi connectivity index (χ2v) is 13.9. The number of benzene rings is 4. The van der Waals surface area contributed by atoms with Gasteiger partial charge in [0.25, 0.3) is 0 Å². The third kappa shape index (κ3) is 9.43. The first kappa shape index (κ1) is 31.8. The first-order chi connectivity index (χ1) is 19.3. The van der Waals surface area contributed by atoms with Crippen molar-refractivity contribution in [2.24, 2.45) is 0 Å². The number of ether oxygens (including phenoxy) is 1. The van der Waals surface area contributed by atoms with Crippen LogP contribution >= 0.6 is 7.26 Å². The van der Waals surface area contributed by atoms with Crippen LogP contribution in [0.15, 0.2) is 121 Å². The maximum absolute atomic E-state index is 12.0. The van der Waals surface area contributed by atoms with Crippen LogP contribution < -0.4 is 32.9 Å². The maximum atomic E-state index is 12.0. The molecule has 0 aromatic heterocycles. The molecule has 0 saturated carbocycles. The second-order valence-electron chi connectivity index (χ2n) is 10.3. The number of rotatable bonds is 16. The van der Waals surface area contributed by atoms with Gasteiger partial charge in [-0.3, -0.25) is 4.79 Å². The highest BCUT2D eigenvalue weighted by Gasteiger charge is 2.44. The highest BCUT2D eigenvalue weighted by atomic mass is 79.9. The molecule has 4 aromatic carbocycles. The molecule has 0 atom stereocenters. The summed E-state index contributed by atoms with van der Waals surface area (Å²) in [5, 5.41) is 4.43. The van der Waals surface area contributed by atoms with E-state index in [1.807, 2.05) is 30.3 Å².